The van der Waals surface area contributed by atoms with Crippen molar-refractivity contribution in [1.82, 2.24) is 0 Å². The lowest BCUT2D eigenvalue weighted by Gasteiger charge is -2.38. The molecule has 5 heteroatoms. The molecule has 1 atom stereocenters. The molecule has 0 aliphatic carbocycles. The largest absolute Gasteiger partial charge is 0.397 e. The van der Waals surface area contributed by atoms with Crippen molar-refractivity contribution in [1.29, 1.82) is 0 Å². The van der Waals surface area contributed by atoms with E-state index in [1.165, 1.54) is 12.1 Å². The molecule has 1 aliphatic heterocycles. The summed E-state index contributed by atoms with van der Waals surface area (Å²) in [5, 5.41) is 10.1. The topological polar surface area (TPSA) is 49.5 Å². The first kappa shape index (κ1) is 12.5. The van der Waals surface area contributed by atoms with Crippen molar-refractivity contribution >= 4 is 23.0 Å². The average Bonchev–Trinajstić information content (AvgIpc) is 2.22. The Hall–Kier alpha value is -1.00. The lowest BCUT2D eigenvalue weighted by Crippen LogP contribution is -2.46. The third-order valence-electron chi connectivity index (χ3n) is 3.09. The molecule has 1 aromatic carbocycles. The van der Waals surface area contributed by atoms with Crippen LogP contribution in [0.5, 0.6) is 0 Å². The van der Waals surface area contributed by atoms with Crippen molar-refractivity contribution in [3.63, 3.8) is 0 Å². The Kier molecular flexibility index (Phi) is 3.19. The van der Waals surface area contributed by atoms with E-state index in [0.29, 0.717) is 17.9 Å². The molecule has 0 spiro atoms. The Morgan fingerprint density at radius 3 is 2.88 bits per heavy atom. The Morgan fingerprint density at radius 2 is 2.24 bits per heavy atom. The molecule has 0 aromatic heterocycles. The van der Waals surface area contributed by atoms with E-state index in [0.717, 1.165) is 19.4 Å². The lowest BCUT2D eigenvalue weighted by molar-refractivity contribution is 0.0450. The minimum absolute atomic E-state index is 0.0550. The second-order valence-electron chi connectivity index (χ2n) is 4.85. The van der Waals surface area contributed by atoms with Gasteiger partial charge in [0.25, 0.3) is 0 Å². The number of anilines is 2. The first-order chi connectivity index (χ1) is 7.89. The summed E-state index contributed by atoms with van der Waals surface area (Å²) in [4.78, 5) is 1.95. The minimum atomic E-state index is -0.731. The van der Waals surface area contributed by atoms with Crippen LogP contribution in [0.2, 0.25) is 5.02 Å². The van der Waals surface area contributed by atoms with Crippen LogP contribution in [0.4, 0.5) is 15.8 Å². The molecule has 94 valence electrons. The van der Waals surface area contributed by atoms with Crippen molar-refractivity contribution in [2.24, 2.45) is 0 Å². The Labute approximate surface area is 105 Å². The molecule has 1 aliphatic rings. The molecule has 0 radical (unpaired) electrons. The van der Waals surface area contributed by atoms with Gasteiger partial charge in [0.1, 0.15) is 5.82 Å². The van der Waals surface area contributed by atoms with Gasteiger partial charge in [0.15, 0.2) is 0 Å². The predicted octanol–water partition coefficient (Wildman–Crippen LogP) is 2.41. The van der Waals surface area contributed by atoms with Crippen LogP contribution in [0.25, 0.3) is 0 Å². The monoisotopic (exact) mass is 258 g/mol. The molecule has 0 bridgehead atoms. The predicted molar refractivity (Wildman–Crippen MR) is 67.9 cm³/mol. The summed E-state index contributed by atoms with van der Waals surface area (Å²) in [5.41, 5.74) is 6.10. The van der Waals surface area contributed by atoms with Crippen LogP contribution in [0.15, 0.2) is 12.1 Å². The van der Waals surface area contributed by atoms with Crippen LogP contribution in [0.3, 0.4) is 0 Å². The van der Waals surface area contributed by atoms with Gasteiger partial charge in [-0.3, -0.25) is 0 Å². The third kappa shape index (κ3) is 2.64. The zero-order valence-electron chi connectivity index (χ0n) is 9.71. The lowest BCUT2D eigenvalue weighted by atomic mass is 9.94. The van der Waals surface area contributed by atoms with E-state index in [1.54, 1.807) is 6.92 Å². The number of piperidine rings is 1. The number of rotatable bonds is 1. The van der Waals surface area contributed by atoms with Crippen LogP contribution >= 0.6 is 11.6 Å². The van der Waals surface area contributed by atoms with Gasteiger partial charge in [0.2, 0.25) is 0 Å². The van der Waals surface area contributed by atoms with Gasteiger partial charge >= 0.3 is 0 Å². The zero-order valence-corrected chi connectivity index (χ0v) is 10.5. The highest BCUT2D eigenvalue weighted by atomic mass is 35.5. The fourth-order valence-electron chi connectivity index (χ4n) is 2.25. The second kappa shape index (κ2) is 4.35. The number of β-amino-alcohol motifs (C(OH)–C–C–N with tert-alkyl or cyclic N) is 1. The van der Waals surface area contributed by atoms with Crippen molar-refractivity contribution in [2.75, 3.05) is 23.7 Å². The van der Waals surface area contributed by atoms with Gasteiger partial charge in [-0.1, -0.05) is 11.6 Å². The van der Waals surface area contributed by atoms with E-state index in [1.807, 2.05) is 4.90 Å². The normalized spacial score (nSPS) is 25.1. The number of halogens is 2. The molecule has 0 amide bonds. The van der Waals surface area contributed by atoms with Gasteiger partial charge in [0.05, 0.1) is 22.0 Å². The average molecular weight is 259 g/mol. The van der Waals surface area contributed by atoms with Crippen LogP contribution in [-0.4, -0.2) is 23.8 Å². The highest BCUT2D eigenvalue weighted by Gasteiger charge is 2.29. The molecule has 3 N–H and O–H groups in total. The van der Waals surface area contributed by atoms with Crippen LogP contribution in [-0.2, 0) is 0 Å². The van der Waals surface area contributed by atoms with Crippen LogP contribution < -0.4 is 10.6 Å². The zero-order chi connectivity index (χ0) is 12.6. The molecular formula is C12H16ClFN2O. The van der Waals surface area contributed by atoms with Gasteiger partial charge in [-0.05, 0) is 25.8 Å². The summed E-state index contributed by atoms with van der Waals surface area (Å²) in [6, 6.07) is 2.74. The quantitative estimate of drug-likeness (QED) is 0.761. The van der Waals surface area contributed by atoms with E-state index in [2.05, 4.69) is 0 Å². The summed E-state index contributed by atoms with van der Waals surface area (Å²) < 4.78 is 13.2. The first-order valence-electron chi connectivity index (χ1n) is 5.61. The molecule has 1 heterocycles. The standard InChI is InChI=1S/C12H16ClFN2O/c1-12(17)3-2-4-16(7-12)11-5-8(13)9(14)6-10(11)15/h5-6,17H,2-4,7,15H2,1H3. The number of hydrogen-bond acceptors (Lipinski definition) is 3. The number of hydrogen-bond donors (Lipinski definition) is 2. The van der Waals surface area contributed by atoms with Crippen molar-refractivity contribution in [3.05, 3.63) is 23.0 Å². The molecule has 1 aromatic rings. The maximum Gasteiger partial charge on any atom is 0.143 e. The first-order valence-corrected chi connectivity index (χ1v) is 5.99. The molecule has 1 saturated heterocycles. The Balaban J connectivity index is 2.31. The van der Waals surface area contributed by atoms with Crippen molar-refractivity contribution in [2.45, 2.75) is 25.4 Å². The maximum atomic E-state index is 13.2. The Bertz CT molecular complexity index is 437. The maximum absolute atomic E-state index is 13.2. The summed E-state index contributed by atoms with van der Waals surface area (Å²) in [6.07, 6.45) is 1.64. The highest BCUT2D eigenvalue weighted by Crippen LogP contribution is 2.33. The van der Waals surface area contributed by atoms with Crippen LogP contribution in [0.1, 0.15) is 19.8 Å². The SMILES string of the molecule is CC1(O)CCCN(c2cc(Cl)c(F)cc2N)C1. The second-order valence-corrected chi connectivity index (χ2v) is 5.25. The summed E-state index contributed by atoms with van der Waals surface area (Å²) in [5.74, 6) is -0.517. The van der Waals surface area contributed by atoms with Gasteiger partial charge in [0, 0.05) is 19.2 Å². The molecule has 1 unspecified atom stereocenters. The molecule has 3 nitrogen and oxygen atoms in total. The highest BCUT2D eigenvalue weighted by molar-refractivity contribution is 6.31. The number of nitrogen functional groups attached to an aromatic ring is 1. The van der Waals surface area contributed by atoms with E-state index >= 15 is 0 Å². The number of aliphatic hydroxyl groups is 1. The van der Waals surface area contributed by atoms with E-state index in [-0.39, 0.29) is 5.02 Å². The fraction of sp³-hybridized carbons (Fsp3) is 0.500. The molecule has 0 saturated carbocycles. The Morgan fingerprint density at radius 1 is 1.53 bits per heavy atom. The number of nitrogens with two attached hydrogens (primary N) is 1. The van der Waals surface area contributed by atoms with Gasteiger partial charge < -0.3 is 15.7 Å². The van der Waals surface area contributed by atoms with Crippen molar-refractivity contribution in [3.8, 4) is 0 Å². The van der Waals surface area contributed by atoms with E-state index < -0.39 is 11.4 Å². The van der Waals surface area contributed by atoms with Gasteiger partial charge in [-0.2, -0.15) is 0 Å². The summed E-state index contributed by atoms with van der Waals surface area (Å²) in [7, 11) is 0. The van der Waals surface area contributed by atoms with E-state index in [4.69, 9.17) is 17.3 Å². The summed E-state index contributed by atoms with van der Waals surface area (Å²) >= 11 is 5.76. The minimum Gasteiger partial charge on any atom is -0.397 e. The smallest absolute Gasteiger partial charge is 0.143 e. The molecule has 1 fully saturated rings. The van der Waals surface area contributed by atoms with Crippen molar-refractivity contribution < 1.29 is 9.50 Å². The van der Waals surface area contributed by atoms with E-state index in [9.17, 15) is 9.50 Å². The summed E-state index contributed by atoms with van der Waals surface area (Å²) in [6.45, 7) is 3.07. The number of nitrogens with zero attached hydrogens (tertiary/aromatic N) is 1. The fourth-order valence-corrected chi connectivity index (χ4v) is 2.41. The number of benzene rings is 1. The molecule has 17 heavy (non-hydrogen) atoms. The third-order valence-corrected chi connectivity index (χ3v) is 3.37. The van der Waals surface area contributed by atoms with Gasteiger partial charge in [-0.15, -0.1) is 0 Å². The van der Waals surface area contributed by atoms with Gasteiger partial charge in [-0.25, -0.2) is 4.39 Å². The molecular weight excluding hydrogens is 243 g/mol. The molecule has 2 rings (SSSR count). The van der Waals surface area contributed by atoms with Crippen LogP contribution in [0, 0.1) is 5.82 Å².